The molecule has 6 heteroatoms. The standard InChI is InChI=1S/C9H12N2O3S/c1-3-14-8(12)6-15-9-10-5-4-7(11-9)13-2/h4-5H,3,6H2,1-2H3. The van der Waals surface area contributed by atoms with Crippen LogP contribution >= 0.6 is 11.8 Å². The molecular formula is C9H12N2O3S. The number of methoxy groups -OCH3 is 1. The normalized spacial score (nSPS) is 9.73. The van der Waals surface area contributed by atoms with Gasteiger partial charge < -0.3 is 9.47 Å². The molecule has 5 nitrogen and oxygen atoms in total. The van der Waals surface area contributed by atoms with Gasteiger partial charge in [0.1, 0.15) is 0 Å². The van der Waals surface area contributed by atoms with Crippen molar-refractivity contribution in [2.24, 2.45) is 0 Å². The molecule has 0 aliphatic rings. The van der Waals surface area contributed by atoms with Crippen molar-refractivity contribution in [3.8, 4) is 5.88 Å². The van der Waals surface area contributed by atoms with Crippen LogP contribution in [-0.4, -0.2) is 35.4 Å². The second kappa shape index (κ2) is 6.23. The molecule has 0 amide bonds. The molecule has 0 spiro atoms. The first kappa shape index (κ1) is 11.8. The molecule has 82 valence electrons. The van der Waals surface area contributed by atoms with E-state index >= 15 is 0 Å². The molecule has 0 aromatic carbocycles. The number of hydrogen-bond acceptors (Lipinski definition) is 6. The highest BCUT2D eigenvalue weighted by atomic mass is 32.2. The van der Waals surface area contributed by atoms with Crippen LogP contribution in [0.25, 0.3) is 0 Å². The third-order valence-corrected chi connectivity index (χ3v) is 2.28. The van der Waals surface area contributed by atoms with Crippen molar-refractivity contribution < 1.29 is 14.3 Å². The Morgan fingerprint density at radius 2 is 2.40 bits per heavy atom. The summed E-state index contributed by atoms with van der Waals surface area (Å²) in [5, 5.41) is 0.502. The van der Waals surface area contributed by atoms with Crippen LogP contribution in [-0.2, 0) is 9.53 Å². The minimum absolute atomic E-state index is 0.209. The van der Waals surface area contributed by atoms with Crippen molar-refractivity contribution in [3.05, 3.63) is 12.3 Å². The Hall–Kier alpha value is -1.30. The Morgan fingerprint density at radius 1 is 1.60 bits per heavy atom. The third-order valence-electron chi connectivity index (χ3n) is 1.44. The largest absolute Gasteiger partial charge is 0.481 e. The van der Waals surface area contributed by atoms with E-state index in [2.05, 4.69) is 9.97 Å². The van der Waals surface area contributed by atoms with Gasteiger partial charge >= 0.3 is 5.97 Å². The maximum Gasteiger partial charge on any atom is 0.316 e. The van der Waals surface area contributed by atoms with Crippen molar-refractivity contribution in [2.45, 2.75) is 12.1 Å². The second-order valence-electron chi connectivity index (χ2n) is 2.48. The number of rotatable bonds is 5. The van der Waals surface area contributed by atoms with E-state index in [1.54, 1.807) is 19.2 Å². The summed E-state index contributed by atoms with van der Waals surface area (Å²) in [5.74, 6) is 0.423. The van der Waals surface area contributed by atoms with Crippen LogP contribution in [0.3, 0.4) is 0 Å². The van der Waals surface area contributed by atoms with E-state index in [0.717, 1.165) is 0 Å². The first-order chi connectivity index (χ1) is 7.26. The first-order valence-electron chi connectivity index (χ1n) is 4.41. The van der Waals surface area contributed by atoms with Crippen LogP contribution in [0.15, 0.2) is 17.4 Å². The van der Waals surface area contributed by atoms with Gasteiger partial charge in [-0.25, -0.2) is 4.98 Å². The molecule has 0 saturated carbocycles. The number of carbonyl (C=O) groups excluding carboxylic acids is 1. The van der Waals surface area contributed by atoms with E-state index in [4.69, 9.17) is 9.47 Å². The zero-order valence-corrected chi connectivity index (χ0v) is 9.41. The summed E-state index contributed by atoms with van der Waals surface area (Å²) in [7, 11) is 1.53. The summed E-state index contributed by atoms with van der Waals surface area (Å²) >= 11 is 1.22. The highest BCUT2D eigenvalue weighted by molar-refractivity contribution is 7.99. The zero-order chi connectivity index (χ0) is 11.1. The Kier molecular flexibility index (Phi) is 4.89. The number of nitrogens with zero attached hydrogens (tertiary/aromatic N) is 2. The second-order valence-corrected chi connectivity index (χ2v) is 3.42. The van der Waals surface area contributed by atoms with E-state index in [9.17, 15) is 4.79 Å². The van der Waals surface area contributed by atoms with E-state index in [0.29, 0.717) is 17.6 Å². The maximum atomic E-state index is 11.0. The SMILES string of the molecule is CCOC(=O)CSc1nccc(OC)n1. The number of esters is 1. The molecule has 1 rings (SSSR count). The summed E-state index contributed by atoms with van der Waals surface area (Å²) in [4.78, 5) is 19.1. The van der Waals surface area contributed by atoms with Crippen molar-refractivity contribution in [1.82, 2.24) is 9.97 Å². The molecule has 1 heterocycles. The Bertz CT molecular complexity index is 333. The summed E-state index contributed by atoms with van der Waals surface area (Å²) < 4.78 is 9.70. The minimum Gasteiger partial charge on any atom is -0.481 e. The number of carbonyl (C=O) groups is 1. The summed E-state index contributed by atoms with van der Waals surface area (Å²) in [5.41, 5.74) is 0. The predicted molar refractivity (Wildman–Crippen MR) is 55.9 cm³/mol. The van der Waals surface area contributed by atoms with Gasteiger partial charge in [0.05, 0.1) is 19.5 Å². The van der Waals surface area contributed by atoms with Gasteiger partial charge in [-0.05, 0) is 6.92 Å². The van der Waals surface area contributed by atoms with Crippen LogP contribution in [0.4, 0.5) is 0 Å². The summed E-state index contributed by atoms with van der Waals surface area (Å²) in [6.45, 7) is 2.16. The van der Waals surface area contributed by atoms with E-state index < -0.39 is 0 Å². The fourth-order valence-corrected chi connectivity index (χ4v) is 1.45. The van der Waals surface area contributed by atoms with Crippen molar-refractivity contribution in [3.63, 3.8) is 0 Å². The molecule has 0 saturated heterocycles. The number of hydrogen-bond donors (Lipinski definition) is 0. The smallest absolute Gasteiger partial charge is 0.316 e. The minimum atomic E-state index is -0.270. The molecule has 0 aliphatic carbocycles. The van der Waals surface area contributed by atoms with Gasteiger partial charge in [0.25, 0.3) is 0 Å². The lowest BCUT2D eigenvalue weighted by atomic mass is 10.6. The van der Waals surface area contributed by atoms with Crippen molar-refractivity contribution >= 4 is 17.7 Å². The maximum absolute atomic E-state index is 11.0. The van der Waals surface area contributed by atoms with Gasteiger partial charge in [-0.2, -0.15) is 4.98 Å². The van der Waals surface area contributed by atoms with E-state index in [1.165, 1.54) is 18.9 Å². The quantitative estimate of drug-likeness (QED) is 0.428. The number of aromatic nitrogens is 2. The molecule has 15 heavy (non-hydrogen) atoms. The molecular weight excluding hydrogens is 216 g/mol. The summed E-state index contributed by atoms with van der Waals surface area (Å²) in [6.07, 6.45) is 1.58. The van der Waals surface area contributed by atoms with Crippen LogP contribution < -0.4 is 4.74 Å². The average molecular weight is 228 g/mol. The molecule has 0 N–H and O–H groups in total. The topological polar surface area (TPSA) is 61.3 Å². The third kappa shape index (κ3) is 4.16. The predicted octanol–water partition coefficient (Wildman–Crippen LogP) is 1.14. The lowest BCUT2D eigenvalue weighted by Crippen LogP contribution is -2.07. The monoisotopic (exact) mass is 228 g/mol. The summed E-state index contributed by atoms with van der Waals surface area (Å²) in [6, 6.07) is 1.65. The number of ether oxygens (including phenoxy) is 2. The van der Waals surface area contributed by atoms with Crippen LogP contribution in [0.2, 0.25) is 0 Å². The molecule has 1 aromatic rings. The Morgan fingerprint density at radius 3 is 3.07 bits per heavy atom. The Balaban J connectivity index is 2.46. The van der Waals surface area contributed by atoms with Gasteiger partial charge in [0.2, 0.25) is 5.88 Å². The zero-order valence-electron chi connectivity index (χ0n) is 8.60. The van der Waals surface area contributed by atoms with Gasteiger partial charge in [0, 0.05) is 12.3 Å². The molecule has 0 fully saturated rings. The van der Waals surface area contributed by atoms with Gasteiger partial charge in [-0.15, -0.1) is 0 Å². The highest BCUT2D eigenvalue weighted by Crippen LogP contribution is 2.15. The highest BCUT2D eigenvalue weighted by Gasteiger charge is 2.05. The number of thioether (sulfide) groups is 1. The van der Waals surface area contributed by atoms with Crippen LogP contribution in [0.5, 0.6) is 5.88 Å². The lowest BCUT2D eigenvalue weighted by molar-refractivity contribution is -0.139. The van der Waals surface area contributed by atoms with Gasteiger partial charge in [-0.1, -0.05) is 11.8 Å². The lowest BCUT2D eigenvalue weighted by Gasteiger charge is -2.02. The Labute approximate surface area is 92.2 Å². The molecule has 0 bridgehead atoms. The molecule has 0 aliphatic heterocycles. The molecule has 0 radical (unpaired) electrons. The van der Waals surface area contributed by atoms with Gasteiger partial charge in [0.15, 0.2) is 5.16 Å². The molecule has 1 aromatic heterocycles. The van der Waals surface area contributed by atoms with Crippen LogP contribution in [0, 0.1) is 0 Å². The fraction of sp³-hybridized carbons (Fsp3) is 0.444. The van der Waals surface area contributed by atoms with E-state index in [-0.39, 0.29) is 11.7 Å². The van der Waals surface area contributed by atoms with Crippen LogP contribution in [0.1, 0.15) is 6.92 Å². The van der Waals surface area contributed by atoms with Crippen molar-refractivity contribution in [2.75, 3.05) is 19.5 Å². The van der Waals surface area contributed by atoms with Gasteiger partial charge in [-0.3, -0.25) is 4.79 Å². The fourth-order valence-electron chi connectivity index (χ4n) is 0.835. The molecule has 0 unspecified atom stereocenters. The van der Waals surface area contributed by atoms with E-state index in [1.807, 2.05) is 0 Å². The van der Waals surface area contributed by atoms with Crippen molar-refractivity contribution in [1.29, 1.82) is 0 Å². The molecule has 0 atom stereocenters. The average Bonchev–Trinajstić information content (AvgIpc) is 2.27. The first-order valence-corrected chi connectivity index (χ1v) is 5.40.